The first-order valence-electron chi connectivity index (χ1n) is 9.59. The molecule has 0 unspecified atom stereocenters. The largest absolute Gasteiger partial charge is 0.416 e. The fraction of sp³-hybridized carbons (Fsp3) is 0.500. The van der Waals surface area contributed by atoms with E-state index in [2.05, 4.69) is 27.1 Å². The van der Waals surface area contributed by atoms with E-state index in [4.69, 9.17) is 5.73 Å². The fourth-order valence-electron chi connectivity index (χ4n) is 3.44. The molecule has 3 N–H and O–H groups in total. The predicted octanol–water partition coefficient (Wildman–Crippen LogP) is 5.27. The minimum Gasteiger partial charge on any atom is -0.355 e. The van der Waals surface area contributed by atoms with Crippen molar-refractivity contribution >= 4 is 42.3 Å². The fourth-order valence-corrected chi connectivity index (χ4v) is 3.44. The summed E-state index contributed by atoms with van der Waals surface area (Å²) >= 11 is 0. The molecule has 1 aliphatic rings. The van der Waals surface area contributed by atoms with Crippen LogP contribution in [0.3, 0.4) is 0 Å². The molecule has 3 rings (SSSR count). The van der Waals surface area contributed by atoms with Crippen molar-refractivity contribution in [2.45, 2.75) is 51.7 Å². The number of anilines is 3. The first-order valence-corrected chi connectivity index (χ1v) is 9.59. The van der Waals surface area contributed by atoms with Gasteiger partial charge in [-0.2, -0.15) is 18.2 Å². The van der Waals surface area contributed by atoms with Gasteiger partial charge in [0.15, 0.2) is 0 Å². The van der Waals surface area contributed by atoms with Crippen molar-refractivity contribution in [3.8, 4) is 0 Å². The van der Waals surface area contributed by atoms with Crippen LogP contribution in [0.1, 0.15) is 43.0 Å². The monoisotopic (exact) mass is 465 g/mol. The third-order valence-corrected chi connectivity index (χ3v) is 4.85. The second-order valence-electron chi connectivity index (χ2n) is 7.29. The third-order valence-electron chi connectivity index (χ3n) is 4.85. The van der Waals surface area contributed by atoms with Crippen molar-refractivity contribution in [1.82, 2.24) is 9.97 Å². The van der Waals surface area contributed by atoms with E-state index in [0.717, 1.165) is 49.8 Å². The number of nitrogens with two attached hydrogens (primary N) is 1. The zero-order chi connectivity index (χ0) is 20.3. The Kier molecular flexibility index (Phi) is 9.65. The molecular weight excluding hydrogens is 438 g/mol. The molecule has 1 saturated heterocycles. The standard InChI is InChI=1S/C20H26F3N5.2ClH/c1-3-5-15-11-18(28-9-4-6-14(24)12-28)27-19(25-15)26-16-8-7-13(2)17(10-16)20(21,22)23;;/h7-8,10-11,14H,3-6,9,12,24H2,1-2H3,(H,25,26,27);2*1H/t14-;;/m1../s1. The Hall–Kier alpha value is -1.77. The number of piperidine rings is 1. The minimum absolute atomic E-state index is 0. The molecule has 0 bridgehead atoms. The maximum Gasteiger partial charge on any atom is 0.416 e. The lowest BCUT2D eigenvalue weighted by Gasteiger charge is -2.32. The molecule has 168 valence electrons. The zero-order valence-corrected chi connectivity index (χ0v) is 18.6. The van der Waals surface area contributed by atoms with Crippen LogP contribution in [-0.4, -0.2) is 29.1 Å². The summed E-state index contributed by atoms with van der Waals surface area (Å²) in [5.74, 6) is 1.07. The van der Waals surface area contributed by atoms with Gasteiger partial charge in [-0.1, -0.05) is 19.4 Å². The summed E-state index contributed by atoms with van der Waals surface area (Å²) in [5.41, 5.74) is 6.78. The molecule has 10 heteroatoms. The molecule has 0 spiro atoms. The highest BCUT2D eigenvalue weighted by atomic mass is 35.5. The lowest BCUT2D eigenvalue weighted by Crippen LogP contribution is -2.43. The highest BCUT2D eigenvalue weighted by Gasteiger charge is 2.32. The van der Waals surface area contributed by atoms with Gasteiger partial charge in [-0.3, -0.25) is 0 Å². The van der Waals surface area contributed by atoms with Crippen LogP contribution in [0.4, 0.5) is 30.6 Å². The van der Waals surface area contributed by atoms with Crippen LogP contribution in [0.25, 0.3) is 0 Å². The molecule has 0 aliphatic carbocycles. The van der Waals surface area contributed by atoms with E-state index in [1.807, 2.05) is 6.07 Å². The number of rotatable bonds is 5. The van der Waals surface area contributed by atoms with Crippen LogP contribution in [0.15, 0.2) is 24.3 Å². The number of hydrogen-bond donors (Lipinski definition) is 2. The number of hydrogen-bond acceptors (Lipinski definition) is 5. The highest BCUT2D eigenvalue weighted by molar-refractivity contribution is 5.85. The Labute approximate surface area is 187 Å². The van der Waals surface area contributed by atoms with Crippen molar-refractivity contribution < 1.29 is 13.2 Å². The van der Waals surface area contributed by atoms with Gasteiger partial charge in [0, 0.05) is 36.6 Å². The molecular formula is C20H28Cl2F3N5. The SMILES string of the molecule is CCCc1cc(N2CCC[C@@H](N)C2)nc(Nc2ccc(C)c(C(F)(F)F)c2)n1.Cl.Cl. The van der Waals surface area contributed by atoms with E-state index in [1.165, 1.54) is 13.0 Å². The first kappa shape index (κ1) is 26.3. The number of nitrogens with zero attached hydrogens (tertiary/aromatic N) is 3. The summed E-state index contributed by atoms with van der Waals surface area (Å²) in [6.07, 6.45) is -0.742. The van der Waals surface area contributed by atoms with E-state index in [1.54, 1.807) is 6.07 Å². The Morgan fingerprint density at radius 3 is 2.57 bits per heavy atom. The van der Waals surface area contributed by atoms with E-state index >= 15 is 0 Å². The van der Waals surface area contributed by atoms with E-state index < -0.39 is 11.7 Å². The molecule has 5 nitrogen and oxygen atoms in total. The summed E-state index contributed by atoms with van der Waals surface area (Å²) in [7, 11) is 0. The van der Waals surface area contributed by atoms with Gasteiger partial charge in [0.25, 0.3) is 0 Å². The molecule has 1 atom stereocenters. The number of aryl methyl sites for hydroxylation is 2. The number of benzene rings is 1. The lowest BCUT2D eigenvalue weighted by atomic mass is 10.1. The number of alkyl halides is 3. The average molecular weight is 466 g/mol. The molecule has 0 saturated carbocycles. The van der Waals surface area contributed by atoms with Crippen LogP contribution >= 0.6 is 24.8 Å². The van der Waals surface area contributed by atoms with E-state index in [-0.39, 0.29) is 36.4 Å². The summed E-state index contributed by atoms with van der Waals surface area (Å²) in [6, 6.07) is 6.20. The Morgan fingerprint density at radius 2 is 1.93 bits per heavy atom. The molecule has 0 amide bonds. The summed E-state index contributed by atoms with van der Waals surface area (Å²) < 4.78 is 39.6. The molecule has 1 aromatic heterocycles. The van der Waals surface area contributed by atoms with Gasteiger partial charge < -0.3 is 16.0 Å². The van der Waals surface area contributed by atoms with Gasteiger partial charge >= 0.3 is 6.18 Å². The number of aromatic nitrogens is 2. The van der Waals surface area contributed by atoms with Gasteiger partial charge in [-0.15, -0.1) is 24.8 Å². The van der Waals surface area contributed by atoms with Gasteiger partial charge in [-0.25, -0.2) is 4.98 Å². The van der Waals surface area contributed by atoms with Crippen LogP contribution < -0.4 is 16.0 Å². The summed E-state index contributed by atoms with van der Waals surface area (Å²) in [5, 5.41) is 2.95. The lowest BCUT2D eigenvalue weighted by molar-refractivity contribution is -0.138. The molecule has 2 aromatic rings. The Balaban J connectivity index is 0.00000225. The van der Waals surface area contributed by atoms with E-state index in [0.29, 0.717) is 18.2 Å². The number of halogens is 5. The summed E-state index contributed by atoms with van der Waals surface area (Å²) in [6.45, 7) is 5.08. The maximum atomic E-state index is 13.2. The molecule has 1 fully saturated rings. The predicted molar refractivity (Wildman–Crippen MR) is 119 cm³/mol. The maximum absolute atomic E-state index is 13.2. The van der Waals surface area contributed by atoms with Crippen molar-refractivity contribution in [3.05, 3.63) is 41.1 Å². The van der Waals surface area contributed by atoms with Gasteiger partial charge in [0.1, 0.15) is 5.82 Å². The Bertz CT molecular complexity index is 833. The molecule has 1 aliphatic heterocycles. The highest BCUT2D eigenvalue weighted by Crippen LogP contribution is 2.34. The Morgan fingerprint density at radius 1 is 1.20 bits per heavy atom. The zero-order valence-electron chi connectivity index (χ0n) is 17.0. The van der Waals surface area contributed by atoms with Crippen LogP contribution in [-0.2, 0) is 12.6 Å². The van der Waals surface area contributed by atoms with Crippen molar-refractivity contribution in [1.29, 1.82) is 0 Å². The molecule has 2 heterocycles. The third kappa shape index (κ3) is 6.62. The van der Waals surface area contributed by atoms with Crippen LogP contribution in [0.5, 0.6) is 0 Å². The van der Waals surface area contributed by atoms with E-state index in [9.17, 15) is 13.2 Å². The number of nitrogens with one attached hydrogen (secondary N) is 1. The first-order chi connectivity index (χ1) is 13.3. The van der Waals surface area contributed by atoms with Crippen molar-refractivity contribution in [2.24, 2.45) is 5.73 Å². The van der Waals surface area contributed by atoms with Crippen LogP contribution in [0.2, 0.25) is 0 Å². The average Bonchev–Trinajstić information content (AvgIpc) is 2.62. The smallest absolute Gasteiger partial charge is 0.355 e. The van der Waals surface area contributed by atoms with Crippen molar-refractivity contribution in [3.63, 3.8) is 0 Å². The van der Waals surface area contributed by atoms with Crippen LogP contribution in [0, 0.1) is 6.92 Å². The van der Waals surface area contributed by atoms with Gasteiger partial charge in [0.2, 0.25) is 5.95 Å². The van der Waals surface area contributed by atoms with Crippen molar-refractivity contribution in [2.75, 3.05) is 23.3 Å². The normalized spacial score (nSPS) is 16.5. The molecule has 0 radical (unpaired) electrons. The van der Waals surface area contributed by atoms with Gasteiger partial charge in [0.05, 0.1) is 5.56 Å². The quantitative estimate of drug-likeness (QED) is 0.629. The topological polar surface area (TPSA) is 67.1 Å². The van der Waals surface area contributed by atoms with Gasteiger partial charge in [-0.05, 0) is 43.9 Å². The molecule has 30 heavy (non-hydrogen) atoms. The summed E-state index contributed by atoms with van der Waals surface area (Å²) in [4.78, 5) is 11.2. The minimum atomic E-state index is -4.40. The molecule has 1 aromatic carbocycles. The second-order valence-corrected chi connectivity index (χ2v) is 7.29. The second kappa shape index (κ2) is 11.0.